The number of halogens is 5. The highest BCUT2D eigenvalue weighted by atomic mass is 35.5. The summed E-state index contributed by atoms with van der Waals surface area (Å²) in [5, 5.41) is 0. The topological polar surface area (TPSA) is 35.5 Å². The van der Waals surface area contributed by atoms with Crippen molar-refractivity contribution < 1.29 is 27.4 Å². The molecule has 0 unspecified atom stereocenters. The standard InChI is InChI=1S/C18H19Cl2F3O3/c1-8-9(15(22)16(23)10(6-25-4)14(8)21)7-26-17(24)13-11(5-12(19)20)18(13,2)3/h5,11,13H,6-7H2,1-4H3/t11-,13+/m1/s1. The van der Waals surface area contributed by atoms with Gasteiger partial charge in [0.2, 0.25) is 0 Å². The maximum atomic E-state index is 14.3. The van der Waals surface area contributed by atoms with E-state index in [9.17, 15) is 18.0 Å². The zero-order valence-electron chi connectivity index (χ0n) is 14.8. The third-order valence-electron chi connectivity index (χ3n) is 4.89. The van der Waals surface area contributed by atoms with Gasteiger partial charge in [0.25, 0.3) is 0 Å². The van der Waals surface area contributed by atoms with Crippen LogP contribution in [-0.4, -0.2) is 13.1 Å². The van der Waals surface area contributed by atoms with Crippen LogP contribution in [0, 0.1) is 41.6 Å². The molecule has 1 fully saturated rings. The predicted molar refractivity (Wildman–Crippen MR) is 92.1 cm³/mol. The number of benzene rings is 1. The van der Waals surface area contributed by atoms with Crippen LogP contribution in [0.1, 0.15) is 30.5 Å². The van der Waals surface area contributed by atoms with Gasteiger partial charge in [-0.1, -0.05) is 37.0 Å². The summed E-state index contributed by atoms with van der Waals surface area (Å²) in [6, 6.07) is 0. The molecule has 0 heterocycles. The Kier molecular flexibility index (Phi) is 6.31. The average Bonchev–Trinajstić information content (AvgIpc) is 3.09. The molecule has 0 aliphatic heterocycles. The summed E-state index contributed by atoms with van der Waals surface area (Å²) in [7, 11) is 1.25. The molecule has 0 bridgehead atoms. The Balaban J connectivity index is 2.18. The summed E-state index contributed by atoms with van der Waals surface area (Å²) >= 11 is 11.3. The fourth-order valence-electron chi connectivity index (χ4n) is 3.14. The van der Waals surface area contributed by atoms with Gasteiger partial charge in [-0.05, 0) is 29.9 Å². The van der Waals surface area contributed by atoms with Crippen molar-refractivity contribution in [2.45, 2.75) is 34.0 Å². The van der Waals surface area contributed by atoms with Gasteiger partial charge in [0, 0.05) is 12.7 Å². The van der Waals surface area contributed by atoms with E-state index in [-0.39, 0.29) is 21.5 Å². The fourth-order valence-corrected chi connectivity index (χ4v) is 3.41. The molecule has 2 rings (SSSR count). The molecule has 26 heavy (non-hydrogen) atoms. The minimum Gasteiger partial charge on any atom is -0.460 e. The molecular formula is C18H19Cl2F3O3. The smallest absolute Gasteiger partial charge is 0.310 e. The van der Waals surface area contributed by atoms with E-state index < -0.39 is 53.5 Å². The highest BCUT2D eigenvalue weighted by Gasteiger charge is 2.61. The van der Waals surface area contributed by atoms with Crippen LogP contribution in [0.15, 0.2) is 10.6 Å². The molecular weight excluding hydrogens is 392 g/mol. The van der Waals surface area contributed by atoms with Gasteiger partial charge in [0.05, 0.1) is 18.1 Å². The molecule has 1 aliphatic carbocycles. The van der Waals surface area contributed by atoms with Gasteiger partial charge in [-0.3, -0.25) is 4.79 Å². The number of rotatable bonds is 6. The molecule has 0 N–H and O–H groups in total. The molecule has 1 aliphatic rings. The Bertz CT molecular complexity index is 730. The van der Waals surface area contributed by atoms with Gasteiger partial charge in [-0.25, -0.2) is 13.2 Å². The van der Waals surface area contributed by atoms with Crippen LogP contribution < -0.4 is 0 Å². The summed E-state index contributed by atoms with van der Waals surface area (Å²) in [4.78, 5) is 12.3. The second-order valence-corrected chi connectivity index (χ2v) is 7.85. The van der Waals surface area contributed by atoms with Crippen molar-refractivity contribution in [3.63, 3.8) is 0 Å². The molecule has 8 heteroatoms. The Morgan fingerprint density at radius 2 is 1.69 bits per heavy atom. The summed E-state index contributed by atoms with van der Waals surface area (Å²) < 4.78 is 52.4. The molecule has 1 aromatic rings. The molecule has 0 aromatic heterocycles. The quantitative estimate of drug-likeness (QED) is 0.477. The first-order valence-electron chi connectivity index (χ1n) is 7.87. The minimum atomic E-state index is -1.34. The number of ether oxygens (including phenoxy) is 2. The van der Waals surface area contributed by atoms with Crippen LogP contribution in [0.3, 0.4) is 0 Å². The SMILES string of the molecule is COCc1c(F)c(C)c(COC(=O)[C@@H]2[C@@H](C=C(Cl)Cl)C2(C)C)c(F)c1F. The summed E-state index contributed by atoms with van der Waals surface area (Å²) in [5.41, 5.74) is -1.38. The largest absolute Gasteiger partial charge is 0.460 e. The zero-order valence-corrected chi connectivity index (χ0v) is 16.3. The Morgan fingerprint density at radius 1 is 1.12 bits per heavy atom. The molecule has 0 spiro atoms. The number of allylic oxidation sites excluding steroid dienone is 1. The monoisotopic (exact) mass is 410 g/mol. The van der Waals surface area contributed by atoms with Crippen LogP contribution in [0.25, 0.3) is 0 Å². The molecule has 1 aromatic carbocycles. The van der Waals surface area contributed by atoms with Crippen molar-refractivity contribution in [2.24, 2.45) is 17.3 Å². The third kappa shape index (κ3) is 3.87. The first kappa shape index (κ1) is 21.1. The molecule has 2 atom stereocenters. The Morgan fingerprint density at radius 3 is 2.23 bits per heavy atom. The molecule has 3 nitrogen and oxygen atoms in total. The van der Waals surface area contributed by atoms with E-state index in [0.29, 0.717) is 0 Å². The lowest BCUT2D eigenvalue weighted by molar-refractivity contribution is -0.147. The van der Waals surface area contributed by atoms with E-state index in [4.69, 9.17) is 27.9 Å². The van der Waals surface area contributed by atoms with Crippen molar-refractivity contribution in [2.75, 3.05) is 7.11 Å². The molecule has 0 saturated heterocycles. The van der Waals surface area contributed by atoms with E-state index in [1.807, 2.05) is 13.8 Å². The van der Waals surface area contributed by atoms with Gasteiger partial charge in [-0.2, -0.15) is 0 Å². The number of carbonyl (C=O) groups excluding carboxylic acids is 1. The second kappa shape index (κ2) is 7.79. The lowest BCUT2D eigenvalue weighted by Crippen LogP contribution is -2.14. The van der Waals surface area contributed by atoms with E-state index in [1.54, 1.807) is 6.08 Å². The minimum absolute atomic E-state index is 0.0399. The Labute approximate surface area is 160 Å². The lowest BCUT2D eigenvalue weighted by atomic mass is 10.0. The number of esters is 1. The van der Waals surface area contributed by atoms with E-state index in [0.717, 1.165) is 0 Å². The van der Waals surface area contributed by atoms with Gasteiger partial charge in [0.1, 0.15) is 16.9 Å². The molecule has 144 valence electrons. The first-order chi connectivity index (χ1) is 12.0. The van der Waals surface area contributed by atoms with Gasteiger partial charge in [-0.15, -0.1) is 0 Å². The average molecular weight is 411 g/mol. The van der Waals surface area contributed by atoms with Crippen molar-refractivity contribution in [1.29, 1.82) is 0 Å². The van der Waals surface area contributed by atoms with Crippen LogP contribution in [0.2, 0.25) is 0 Å². The van der Waals surface area contributed by atoms with Crippen LogP contribution in [0.5, 0.6) is 0 Å². The predicted octanol–water partition coefficient (Wildman–Crippen LogP) is 5.19. The summed E-state index contributed by atoms with van der Waals surface area (Å²) in [5.74, 6) is -4.85. The van der Waals surface area contributed by atoms with E-state index >= 15 is 0 Å². The first-order valence-corrected chi connectivity index (χ1v) is 8.62. The lowest BCUT2D eigenvalue weighted by Gasteiger charge is -2.14. The number of hydrogen-bond acceptors (Lipinski definition) is 3. The van der Waals surface area contributed by atoms with Crippen LogP contribution in [0.4, 0.5) is 13.2 Å². The summed E-state index contributed by atoms with van der Waals surface area (Å²) in [6.07, 6.45) is 1.54. The maximum absolute atomic E-state index is 14.3. The second-order valence-electron chi connectivity index (χ2n) is 6.85. The van der Waals surface area contributed by atoms with Crippen molar-refractivity contribution >= 4 is 29.2 Å². The van der Waals surface area contributed by atoms with Gasteiger partial charge in [0.15, 0.2) is 11.6 Å². The molecule has 0 amide bonds. The normalized spacial score (nSPS) is 20.7. The van der Waals surface area contributed by atoms with E-state index in [2.05, 4.69) is 4.74 Å². The van der Waals surface area contributed by atoms with Crippen molar-refractivity contribution in [1.82, 2.24) is 0 Å². The van der Waals surface area contributed by atoms with Crippen LogP contribution >= 0.6 is 23.2 Å². The van der Waals surface area contributed by atoms with E-state index in [1.165, 1.54) is 14.0 Å². The van der Waals surface area contributed by atoms with Gasteiger partial charge < -0.3 is 9.47 Å². The fraction of sp³-hybridized carbons (Fsp3) is 0.500. The highest BCUT2D eigenvalue weighted by Crippen LogP contribution is 2.60. The van der Waals surface area contributed by atoms with Crippen molar-refractivity contribution in [3.8, 4) is 0 Å². The number of carbonyl (C=O) groups is 1. The summed E-state index contributed by atoms with van der Waals surface area (Å²) in [6.45, 7) is 3.98. The number of hydrogen-bond donors (Lipinski definition) is 0. The van der Waals surface area contributed by atoms with Crippen molar-refractivity contribution in [3.05, 3.63) is 44.7 Å². The molecule has 1 saturated carbocycles. The third-order valence-corrected chi connectivity index (χ3v) is 5.14. The van der Waals surface area contributed by atoms with Gasteiger partial charge >= 0.3 is 5.97 Å². The number of methoxy groups -OCH3 is 1. The Hall–Kier alpha value is -1.24. The molecule has 0 radical (unpaired) electrons. The zero-order chi connectivity index (χ0) is 19.8. The highest BCUT2D eigenvalue weighted by molar-refractivity contribution is 6.55. The maximum Gasteiger partial charge on any atom is 0.310 e. The van der Waals surface area contributed by atoms with Crippen LogP contribution in [-0.2, 0) is 27.5 Å².